The average Bonchev–Trinajstić information content (AvgIpc) is 2.90. The fourth-order valence-corrected chi connectivity index (χ4v) is 1.63. The van der Waals surface area contributed by atoms with Crippen LogP contribution in [0.15, 0.2) is 24.3 Å². The van der Waals surface area contributed by atoms with E-state index >= 15 is 0 Å². The summed E-state index contributed by atoms with van der Waals surface area (Å²) in [5.74, 6) is 0. The van der Waals surface area contributed by atoms with Crippen molar-refractivity contribution < 1.29 is 14.7 Å². The molecule has 1 fully saturated rings. The van der Waals surface area contributed by atoms with E-state index in [2.05, 4.69) is 5.43 Å². The summed E-state index contributed by atoms with van der Waals surface area (Å²) in [5, 5.41) is 20.4. The normalized spacial score (nSPS) is 14.7. The van der Waals surface area contributed by atoms with Gasteiger partial charge in [-0.2, -0.15) is 0 Å². The number of anilines is 1. The standard InChI is InChI=1S/C11H14N3O4/c15-11(13-7-1-6-12-13)18-8-9-2-4-10(5-3-9)14(16)17/h2-5,12,16H,1,6-8H2/q-1. The van der Waals surface area contributed by atoms with E-state index in [4.69, 9.17) is 9.94 Å². The lowest BCUT2D eigenvalue weighted by Crippen LogP contribution is -2.37. The SMILES string of the molecule is O=C(OCc1ccc(N([O-])O)cc1)N1CCCN1. The molecule has 2 N–H and O–H groups in total. The quantitative estimate of drug-likeness (QED) is 0.786. The number of ether oxygens (including phenoxy) is 1. The third kappa shape index (κ3) is 3.10. The molecule has 2 rings (SSSR count). The van der Waals surface area contributed by atoms with Crippen LogP contribution in [0.1, 0.15) is 12.0 Å². The Balaban J connectivity index is 1.84. The molecule has 1 aliphatic rings. The molecule has 98 valence electrons. The number of carbonyl (C=O) groups is 1. The molecule has 18 heavy (non-hydrogen) atoms. The van der Waals surface area contributed by atoms with Crippen molar-refractivity contribution in [3.63, 3.8) is 0 Å². The Morgan fingerprint density at radius 3 is 2.78 bits per heavy atom. The molecule has 0 spiro atoms. The predicted molar refractivity (Wildman–Crippen MR) is 63.6 cm³/mol. The monoisotopic (exact) mass is 252 g/mol. The van der Waals surface area contributed by atoms with Crippen LogP contribution < -0.4 is 10.7 Å². The highest BCUT2D eigenvalue weighted by Crippen LogP contribution is 2.13. The fourth-order valence-electron chi connectivity index (χ4n) is 1.63. The first-order valence-electron chi connectivity index (χ1n) is 5.60. The Bertz CT molecular complexity index is 401. The van der Waals surface area contributed by atoms with Gasteiger partial charge in [0.15, 0.2) is 0 Å². The molecule has 0 aromatic heterocycles. The smallest absolute Gasteiger partial charge is 0.424 e. The molecule has 1 heterocycles. The van der Waals surface area contributed by atoms with E-state index in [1.54, 1.807) is 12.1 Å². The zero-order valence-corrected chi connectivity index (χ0v) is 9.70. The third-order valence-electron chi connectivity index (χ3n) is 2.60. The fraction of sp³-hybridized carbons (Fsp3) is 0.364. The van der Waals surface area contributed by atoms with E-state index in [-0.39, 0.29) is 17.5 Å². The molecular formula is C11H14N3O4-. The number of carbonyl (C=O) groups excluding carboxylic acids is 1. The lowest BCUT2D eigenvalue weighted by Gasteiger charge is -2.21. The number of rotatable bonds is 3. The van der Waals surface area contributed by atoms with E-state index in [9.17, 15) is 10.0 Å². The van der Waals surface area contributed by atoms with Crippen molar-refractivity contribution in [1.82, 2.24) is 10.4 Å². The second kappa shape index (κ2) is 5.67. The Morgan fingerprint density at radius 2 is 2.22 bits per heavy atom. The topological polar surface area (TPSA) is 88.1 Å². The summed E-state index contributed by atoms with van der Waals surface area (Å²) in [7, 11) is 0. The maximum Gasteiger partial charge on any atom is 0.424 e. The van der Waals surface area contributed by atoms with Crippen LogP contribution in [-0.2, 0) is 11.3 Å². The minimum Gasteiger partial charge on any atom is -0.733 e. The number of nitrogens with one attached hydrogen (secondary N) is 1. The second-order valence-corrected chi connectivity index (χ2v) is 3.91. The molecule has 0 bridgehead atoms. The van der Waals surface area contributed by atoms with E-state index in [1.807, 2.05) is 0 Å². The van der Waals surface area contributed by atoms with Gasteiger partial charge >= 0.3 is 6.09 Å². The van der Waals surface area contributed by atoms with Crippen LogP contribution in [-0.4, -0.2) is 29.4 Å². The minimum atomic E-state index is -0.413. The molecule has 0 saturated carbocycles. The van der Waals surface area contributed by atoms with Crippen molar-refractivity contribution in [3.8, 4) is 0 Å². The summed E-state index contributed by atoms with van der Waals surface area (Å²) in [6, 6.07) is 6.12. The van der Waals surface area contributed by atoms with Gasteiger partial charge in [0.2, 0.25) is 0 Å². The molecule has 1 aromatic rings. The molecule has 1 aliphatic heterocycles. The third-order valence-corrected chi connectivity index (χ3v) is 2.60. The minimum absolute atomic E-state index is 0.127. The maximum absolute atomic E-state index is 11.5. The summed E-state index contributed by atoms with van der Waals surface area (Å²) in [5.41, 5.74) is 3.77. The summed E-state index contributed by atoms with van der Waals surface area (Å²) < 4.78 is 5.08. The zero-order valence-electron chi connectivity index (χ0n) is 9.70. The molecule has 1 aromatic carbocycles. The zero-order chi connectivity index (χ0) is 13.0. The Hall–Kier alpha value is -1.83. The van der Waals surface area contributed by atoms with Gasteiger partial charge in [-0.15, -0.1) is 0 Å². The first-order valence-corrected chi connectivity index (χ1v) is 5.60. The van der Waals surface area contributed by atoms with Crippen molar-refractivity contribution in [1.29, 1.82) is 0 Å². The molecule has 0 unspecified atom stereocenters. The summed E-state index contributed by atoms with van der Waals surface area (Å²) in [6.07, 6.45) is 0.504. The van der Waals surface area contributed by atoms with E-state index < -0.39 is 6.09 Å². The van der Waals surface area contributed by atoms with Crippen molar-refractivity contribution in [2.45, 2.75) is 13.0 Å². The average molecular weight is 252 g/mol. The Labute approximate surface area is 104 Å². The maximum atomic E-state index is 11.5. The van der Waals surface area contributed by atoms with Crippen LogP contribution in [0, 0.1) is 5.21 Å². The second-order valence-electron chi connectivity index (χ2n) is 3.91. The highest BCUT2D eigenvalue weighted by molar-refractivity contribution is 5.67. The first kappa shape index (κ1) is 12.6. The number of nitrogens with zero attached hydrogens (tertiary/aromatic N) is 2. The summed E-state index contributed by atoms with van der Waals surface area (Å²) in [6.45, 7) is 1.55. The van der Waals surface area contributed by atoms with Crippen LogP contribution in [0.2, 0.25) is 0 Å². The molecule has 1 amide bonds. The van der Waals surface area contributed by atoms with Crippen molar-refractivity contribution >= 4 is 11.8 Å². The van der Waals surface area contributed by atoms with E-state index in [0.29, 0.717) is 6.54 Å². The molecular weight excluding hydrogens is 238 g/mol. The lowest BCUT2D eigenvalue weighted by molar-refractivity contribution is 0.0903. The number of hydrogen-bond donors (Lipinski definition) is 2. The number of benzene rings is 1. The van der Waals surface area contributed by atoms with Crippen LogP contribution in [0.5, 0.6) is 0 Å². The van der Waals surface area contributed by atoms with Crippen molar-refractivity contribution in [3.05, 3.63) is 35.0 Å². The molecule has 0 atom stereocenters. The predicted octanol–water partition coefficient (Wildman–Crippen LogP) is 1.23. The first-order chi connectivity index (χ1) is 8.66. The van der Waals surface area contributed by atoms with Gasteiger partial charge in [-0.25, -0.2) is 15.2 Å². The molecule has 0 aliphatic carbocycles. The summed E-state index contributed by atoms with van der Waals surface area (Å²) in [4.78, 5) is 11.5. The van der Waals surface area contributed by atoms with Crippen molar-refractivity contribution in [2.24, 2.45) is 0 Å². The lowest BCUT2D eigenvalue weighted by atomic mass is 10.2. The van der Waals surface area contributed by atoms with Crippen LogP contribution in [0.4, 0.5) is 10.5 Å². The van der Waals surface area contributed by atoms with Crippen molar-refractivity contribution in [2.75, 3.05) is 18.3 Å². The number of hydrazine groups is 1. The largest absolute Gasteiger partial charge is 0.733 e. The number of hydrogen-bond acceptors (Lipinski definition) is 6. The van der Waals surface area contributed by atoms with Crippen LogP contribution >= 0.6 is 0 Å². The highest BCUT2D eigenvalue weighted by atomic mass is 16.8. The van der Waals surface area contributed by atoms with Gasteiger partial charge in [0.1, 0.15) is 6.61 Å². The van der Waals surface area contributed by atoms with Crippen LogP contribution in [0.25, 0.3) is 0 Å². The molecule has 7 heteroatoms. The van der Waals surface area contributed by atoms with Crippen LogP contribution in [0.3, 0.4) is 0 Å². The summed E-state index contributed by atoms with van der Waals surface area (Å²) >= 11 is 0. The van der Waals surface area contributed by atoms with E-state index in [0.717, 1.165) is 18.5 Å². The molecule has 0 radical (unpaired) electrons. The van der Waals surface area contributed by atoms with Gasteiger partial charge in [0.05, 0.1) is 5.69 Å². The Morgan fingerprint density at radius 1 is 1.50 bits per heavy atom. The molecule has 7 nitrogen and oxygen atoms in total. The Kier molecular flexibility index (Phi) is 3.98. The van der Waals surface area contributed by atoms with Gasteiger partial charge in [0, 0.05) is 13.1 Å². The van der Waals surface area contributed by atoms with Gasteiger partial charge in [0.25, 0.3) is 0 Å². The highest BCUT2D eigenvalue weighted by Gasteiger charge is 2.18. The van der Waals surface area contributed by atoms with Gasteiger partial charge in [-0.05, 0) is 24.1 Å². The number of amides is 1. The molecule has 1 saturated heterocycles. The van der Waals surface area contributed by atoms with Gasteiger partial charge in [-0.3, -0.25) is 5.21 Å². The van der Waals surface area contributed by atoms with Gasteiger partial charge in [-0.1, -0.05) is 12.1 Å². The van der Waals surface area contributed by atoms with Gasteiger partial charge < -0.3 is 15.2 Å². The van der Waals surface area contributed by atoms with E-state index in [1.165, 1.54) is 17.1 Å².